The summed E-state index contributed by atoms with van der Waals surface area (Å²) < 4.78 is 11.5. The Morgan fingerprint density at radius 2 is 2.18 bits per heavy atom. The molecule has 0 aromatic carbocycles. The Bertz CT molecular complexity index is 803. The number of aromatic nitrogens is 3. The topological polar surface area (TPSA) is 78.1 Å². The van der Waals surface area contributed by atoms with Gasteiger partial charge in [-0.25, -0.2) is 9.78 Å². The van der Waals surface area contributed by atoms with E-state index in [1.807, 2.05) is 12.1 Å². The van der Waals surface area contributed by atoms with Gasteiger partial charge in [-0.05, 0) is 40.2 Å². The lowest BCUT2D eigenvalue weighted by Gasteiger charge is -2.01. The van der Waals surface area contributed by atoms with E-state index in [0.717, 1.165) is 8.66 Å². The average Bonchev–Trinajstić information content (AvgIpc) is 3.14. The SMILES string of the molecule is O=C(OCc1nnc(-c2ccc(Br)s2)o1)c1ccc(Cl)nc1. The summed E-state index contributed by atoms with van der Waals surface area (Å²) in [5.41, 5.74) is 0.298. The predicted octanol–water partition coefficient (Wildman–Crippen LogP) is 3.97. The van der Waals surface area contributed by atoms with E-state index < -0.39 is 5.97 Å². The highest BCUT2D eigenvalue weighted by molar-refractivity contribution is 9.11. The van der Waals surface area contributed by atoms with Crippen LogP contribution < -0.4 is 0 Å². The van der Waals surface area contributed by atoms with Crippen LogP contribution in [0.15, 0.2) is 38.7 Å². The molecule has 0 saturated carbocycles. The lowest BCUT2D eigenvalue weighted by molar-refractivity contribution is 0.0438. The Morgan fingerprint density at radius 1 is 1.32 bits per heavy atom. The third kappa shape index (κ3) is 3.52. The van der Waals surface area contributed by atoms with Crippen molar-refractivity contribution in [2.75, 3.05) is 0 Å². The molecule has 0 bridgehead atoms. The van der Waals surface area contributed by atoms with Gasteiger partial charge in [0.25, 0.3) is 11.8 Å². The van der Waals surface area contributed by atoms with Gasteiger partial charge in [-0.15, -0.1) is 21.5 Å². The minimum atomic E-state index is -0.539. The number of nitrogens with zero attached hydrogens (tertiary/aromatic N) is 3. The molecule has 0 aliphatic carbocycles. The maximum atomic E-state index is 11.8. The van der Waals surface area contributed by atoms with Crippen LogP contribution in [0.2, 0.25) is 5.15 Å². The molecular formula is C13H7BrClN3O3S. The Hall–Kier alpha value is -1.77. The molecule has 0 aliphatic rings. The van der Waals surface area contributed by atoms with E-state index in [-0.39, 0.29) is 12.5 Å². The van der Waals surface area contributed by atoms with Crippen LogP contribution in [0, 0.1) is 0 Å². The third-order valence-corrected chi connectivity index (χ3v) is 4.38. The van der Waals surface area contributed by atoms with Crippen LogP contribution in [0.25, 0.3) is 10.8 Å². The molecule has 0 fully saturated rings. The van der Waals surface area contributed by atoms with Crippen LogP contribution in [0.1, 0.15) is 16.2 Å². The van der Waals surface area contributed by atoms with Crippen LogP contribution >= 0.6 is 38.9 Å². The lowest BCUT2D eigenvalue weighted by atomic mass is 10.3. The van der Waals surface area contributed by atoms with E-state index in [0.29, 0.717) is 16.6 Å². The summed E-state index contributed by atoms with van der Waals surface area (Å²) in [4.78, 5) is 16.5. The van der Waals surface area contributed by atoms with E-state index >= 15 is 0 Å². The Kier molecular flexibility index (Phi) is 4.51. The molecule has 3 rings (SSSR count). The summed E-state index contributed by atoms with van der Waals surface area (Å²) in [5.74, 6) is 0.0625. The number of pyridine rings is 1. The average molecular weight is 401 g/mol. The first-order valence-corrected chi connectivity index (χ1v) is 7.97. The first-order valence-electron chi connectivity index (χ1n) is 5.98. The van der Waals surface area contributed by atoms with E-state index in [4.69, 9.17) is 20.8 Å². The fourth-order valence-electron chi connectivity index (χ4n) is 1.55. The van der Waals surface area contributed by atoms with Crippen molar-refractivity contribution in [1.29, 1.82) is 0 Å². The number of hydrogen-bond donors (Lipinski definition) is 0. The molecule has 0 atom stereocenters. The number of hydrogen-bond acceptors (Lipinski definition) is 7. The number of halogens is 2. The highest BCUT2D eigenvalue weighted by atomic mass is 79.9. The monoisotopic (exact) mass is 399 g/mol. The second-order valence-electron chi connectivity index (χ2n) is 4.05. The second-order valence-corrected chi connectivity index (χ2v) is 6.90. The van der Waals surface area contributed by atoms with Crippen molar-refractivity contribution in [3.8, 4) is 10.8 Å². The van der Waals surface area contributed by atoms with Gasteiger partial charge in [0, 0.05) is 6.20 Å². The summed E-state index contributed by atoms with van der Waals surface area (Å²) in [6.45, 7) is -0.110. The maximum Gasteiger partial charge on any atom is 0.340 e. The zero-order valence-electron chi connectivity index (χ0n) is 10.8. The van der Waals surface area contributed by atoms with Gasteiger partial charge >= 0.3 is 5.97 Å². The van der Waals surface area contributed by atoms with Crippen LogP contribution in [-0.4, -0.2) is 21.2 Å². The van der Waals surface area contributed by atoms with Crippen molar-refractivity contribution in [3.63, 3.8) is 0 Å². The molecule has 0 spiro atoms. The van der Waals surface area contributed by atoms with Crippen LogP contribution in [-0.2, 0) is 11.3 Å². The van der Waals surface area contributed by atoms with Crippen molar-refractivity contribution >= 4 is 44.8 Å². The molecule has 3 aromatic heterocycles. The molecule has 112 valence electrons. The maximum absolute atomic E-state index is 11.8. The molecule has 3 heterocycles. The molecule has 0 amide bonds. The smallest absolute Gasteiger partial charge is 0.340 e. The Balaban J connectivity index is 1.63. The van der Waals surface area contributed by atoms with Gasteiger partial charge in [0.05, 0.1) is 14.2 Å². The number of carbonyl (C=O) groups excluding carboxylic acids is 1. The van der Waals surface area contributed by atoms with Crippen LogP contribution in [0.4, 0.5) is 0 Å². The highest BCUT2D eigenvalue weighted by Gasteiger charge is 2.13. The van der Waals surface area contributed by atoms with E-state index in [2.05, 4.69) is 31.1 Å². The van der Waals surface area contributed by atoms with Crippen molar-refractivity contribution in [1.82, 2.24) is 15.2 Å². The zero-order chi connectivity index (χ0) is 15.5. The van der Waals surface area contributed by atoms with Gasteiger partial charge < -0.3 is 9.15 Å². The molecule has 3 aromatic rings. The van der Waals surface area contributed by atoms with Gasteiger partial charge in [0.15, 0.2) is 6.61 Å². The Morgan fingerprint density at radius 3 is 2.86 bits per heavy atom. The second kappa shape index (κ2) is 6.55. The molecule has 22 heavy (non-hydrogen) atoms. The Labute approximate surface area is 142 Å². The van der Waals surface area contributed by atoms with Gasteiger partial charge in [0.2, 0.25) is 0 Å². The van der Waals surface area contributed by atoms with Crippen LogP contribution in [0.5, 0.6) is 0 Å². The van der Waals surface area contributed by atoms with Gasteiger partial charge in [-0.2, -0.15) is 0 Å². The van der Waals surface area contributed by atoms with Crippen LogP contribution in [0.3, 0.4) is 0 Å². The molecule has 0 unspecified atom stereocenters. The van der Waals surface area contributed by atoms with Crippen molar-refractivity contribution in [2.24, 2.45) is 0 Å². The molecule has 0 N–H and O–H groups in total. The summed E-state index contributed by atoms with van der Waals surface area (Å²) in [7, 11) is 0. The summed E-state index contributed by atoms with van der Waals surface area (Å²) in [6.07, 6.45) is 1.34. The molecule has 0 radical (unpaired) electrons. The third-order valence-electron chi connectivity index (χ3n) is 2.54. The number of thiophene rings is 1. The summed E-state index contributed by atoms with van der Waals surface area (Å²) in [5, 5.41) is 8.06. The molecule has 9 heteroatoms. The summed E-state index contributed by atoms with van der Waals surface area (Å²) in [6, 6.07) is 6.78. The predicted molar refractivity (Wildman–Crippen MR) is 83.7 cm³/mol. The minimum absolute atomic E-state index is 0.110. The minimum Gasteiger partial charge on any atom is -0.452 e. The first kappa shape index (κ1) is 15.1. The van der Waals surface area contributed by atoms with E-state index in [1.165, 1.54) is 29.7 Å². The quantitative estimate of drug-likeness (QED) is 0.487. The van der Waals surface area contributed by atoms with E-state index in [9.17, 15) is 4.79 Å². The van der Waals surface area contributed by atoms with Crippen molar-refractivity contribution < 1.29 is 13.9 Å². The molecule has 6 nitrogen and oxygen atoms in total. The fourth-order valence-corrected chi connectivity index (χ4v) is 2.97. The van der Waals surface area contributed by atoms with Crippen molar-refractivity contribution in [2.45, 2.75) is 6.61 Å². The fraction of sp³-hybridized carbons (Fsp3) is 0.0769. The largest absolute Gasteiger partial charge is 0.452 e. The number of esters is 1. The van der Waals surface area contributed by atoms with Gasteiger partial charge in [0.1, 0.15) is 5.15 Å². The number of rotatable bonds is 4. The molecule has 0 saturated heterocycles. The zero-order valence-corrected chi connectivity index (χ0v) is 14.0. The molecule has 0 aliphatic heterocycles. The number of ether oxygens (including phenoxy) is 1. The lowest BCUT2D eigenvalue weighted by Crippen LogP contribution is -2.05. The van der Waals surface area contributed by atoms with Crippen molar-refractivity contribution in [3.05, 3.63) is 50.9 Å². The normalized spacial score (nSPS) is 10.6. The van der Waals surface area contributed by atoms with Gasteiger partial charge in [-0.3, -0.25) is 0 Å². The molecular weight excluding hydrogens is 394 g/mol. The number of carbonyl (C=O) groups is 1. The van der Waals surface area contributed by atoms with Gasteiger partial charge in [-0.1, -0.05) is 11.6 Å². The van der Waals surface area contributed by atoms with E-state index in [1.54, 1.807) is 0 Å². The summed E-state index contributed by atoms with van der Waals surface area (Å²) >= 11 is 10.5. The first-order chi connectivity index (χ1) is 10.6. The standard InChI is InChI=1S/C13H7BrClN3O3S/c14-9-3-2-8(22-9)12-18-17-11(21-12)6-20-13(19)7-1-4-10(15)16-5-7/h1-5H,6H2. The highest BCUT2D eigenvalue weighted by Crippen LogP contribution is 2.30.